The molecule has 16 heavy (non-hydrogen) atoms. The Morgan fingerprint density at radius 2 is 2.00 bits per heavy atom. The molecule has 3 N–H and O–H groups in total. The molecule has 0 aliphatic heterocycles. The summed E-state index contributed by atoms with van der Waals surface area (Å²) in [7, 11) is 1.61. The minimum absolute atomic E-state index is 0.247. The van der Waals surface area contributed by atoms with Crippen LogP contribution in [0.2, 0.25) is 0 Å². The molecule has 3 nitrogen and oxygen atoms in total. The number of ether oxygens (including phenoxy) is 1. The molecule has 0 amide bonds. The van der Waals surface area contributed by atoms with E-state index in [1.165, 1.54) is 0 Å². The second-order valence-corrected chi connectivity index (χ2v) is 5.13. The van der Waals surface area contributed by atoms with Gasteiger partial charge in [0.15, 0.2) is 0 Å². The van der Waals surface area contributed by atoms with Crippen LogP contribution in [0.1, 0.15) is 31.2 Å². The third kappa shape index (κ3) is 1.80. The number of methoxy groups -OCH3 is 1. The lowest BCUT2D eigenvalue weighted by Crippen LogP contribution is -2.33. The van der Waals surface area contributed by atoms with Gasteiger partial charge in [0, 0.05) is 11.1 Å². The van der Waals surface area contributed by atoms with Gasteiger partial charge in [0.1, 0.15) is 11.5 Å². The van der Waals surface area contributed by atoms with Crippen LogP contribution >= 0.6 is 15.9 Å². The average Bonchev–Trinajstić information content (AvgIpc) is 2.66. The first kappa shape index (κ1) is 11.7. The van der Waals surface area contributed by atoms with Gasteiger partial charge in [0.2, 0.25) is 0 Å². The largest absolute Gasteiger partial charge is 0.508 e. The molecular weight excluding hydrogens is 270 g/mol. The number of rotatable bonds is 2. The van der Waals surface area contributed by atoms with E-state index in [4.69, 9.17) is 10.5 Å². The van der Waals surface area contributed by atoms with Crippen LogP contribution in [0.25, 0.3) is 0 Å². The van der Waals surface area contributed by atoms with Crippen LogP contribution in [-0.2, 0) is 5.54 Å². The Morgan fingerprint density at radius 3 is 2.56 bits per heavy atom. The van der Waals surface area contributed by atoms with Crippen molar-refractivity contribution in [3.8, 4) is 11.5 Å². The van der Waals surface area contributed by atoms with Crippen molar-refractivity contribution in [1.82, 2.24) is 0 Å². The van der Waals surface area contributed by atoms with Gasteiger partial charge in [-0.1, -0.05) is 12.8 Å². The maximum Gasteiger partial charge on any atom is 0.133 e. The second-order valence-electron chi connectivity index (χ2n) is 4.34. The minimum atomic E-state index is -0.419. The maximum absolute atomic E-state index is 9.97. The van der Waals surface area contributed by atoms with Crippen LogP contribution < -0.4 is 10.5 Å². The topological polar surface area (TPSA) is 55.5 Å². The van der Waals surface area contributed by atoms with Crippen molar-refractivity contribution < 1.29 is 9.84 Å². The molecule has 88 valence electrons. The number of hydrogen-bond donors (Lipinski definition) is 2. The first-order valence-corrected chi connectivity index (χ1v) is 6.22. The normalized spacial score (nSPS) is 18.7. The van der Waals surface area contributed by atoms with Gasteiger partial charge in [-0.15, -0.1) is 0 Å². The zero-order valence-electron chi connectivity index (χ0n) is 9.29. The summed E-state index contributed by atoms with van der Waals surface area (Å²) in [5.74, 6) is 0.960. The number of nitrogens with two attached hydrogens (primary N) is 1. The van der Waals surface area contributed by atoms with E-state index in [9.17, 15) is 5.11 Å². The molecule has 1 aromatic carbocycles. The van der Waals surface area contributed by atoms with E-state index in [1.54, 1.807) is 19.2 Å². The highest BCUT2D eigenvalue weighted by atomic mass is 79.9. The summed E-state index contributed by atoms with van der Waals surface area (Å²) in [5.41, 5.74) is 6.72. The van der Waals surface area contributed by atoms with E-state index in [-0.39, 0.29) is 5.75 Å². The van der Waals surface area contributed by atoms with Crippen molar-refractivity contribution in [2.24, 2.45) is 5.73 Å². The number of phenols is 1. The number of phenolic OH excluding ortho intramolecular Hbond substituents is 1. The van der Waals surface area contributed by atoms with E-state index in [1.807, 2.05) is 0 Å². The van der Waals surface area contributed by atoms with Crippen LogP contribution in [-0.4, -0.2) is 12.2 Å². The third-order valence-electron chi connectivity index (χ3n) is 3.30. The molecule has 0 unspecified atom stereocenters. The Balaban J connectivity index is 2.54. The first-order valence-electron chi connectivity index (χ1n) is 5.43. The fourth-order valence-corrected chi connectivity index (χ4v) is 3.33. The van der Waals surface area contributed by atoms with Gasteiger partial charge in [0.05, 0.1) is 11.6 Å². The molecule has 0 bridgehead atoms. The van der Waals surface area contributed by atoms with Crippen molar-refractivity contribution in [1.29, 1.82) is 0 Å². The quantitative estimate of drug-likeness (QED) is 0.879. The molecule has 2 rings (SSSR count). The van der Waals surface area contributed by atoms with Gasteiger partial charge in [-0.25, -0.2) is 0 Å². The van der Waals surface area contributed by atoms with Crippen LogP contribution in [0.3, 0.4) is 0 Å². The molecule has 0 saturated heterocycles. The molecule has 1 fully saturated rings. The molecule has 0 aromatic heterocycles. The molecule has 1 aromatic rings. The highest BCUT2D eigenvalue weighted by Gasteiger charge is 2.36. The number of hydrogen-bond acceptors (Lipinski definition) is 3. The van der Waals surface area contributed by atoms with Gasteiger partial charge < -0.3 is 15.6 Å². The summed E-state index contributed by atoms with van der Waals surface area (Å²) in [6, 6.07) is 3.38. The van der Waals surface area contributed by atoms with E-state index in [2.05, 4.69) is 15.9 Å². The fourth-order valence-electron chi connectivity index (χ4n) is 2.43. The van der Waals surface area contributed by atoms with Gasteiger partial charge in [-0.05, 0) is 40.9 Å². The molecule has 0 atom stereocenters. The molecule has 0 spiro atoms. The van der Waals surface area contributed by atoms with E-state index in [0.717, 1.165) is 35.7 Å². The average molecular weight is 286 g/mol. The number of aromatic hydroxyl groups is 1. The minimum Gasteiger partial charge on any atom is -0.508 e. The summed E-state index contributed by atoms with van der Waals surface area (Å²) in [5, 5.41) is 9.97. The lowest BCUT2D eigenvalue weighted by atomic mass is 9.88. The van der Waals surface area contributed by atoms with Crippen LogP contribution in [0, 0.1) is 0 Å². The van der Waals surface area contributed by atoms with Crippen molar-refractivity contribution >= 4 is 15.9 Å². The molecule has 4 heteroatoms. The standard InChI is InChI=1S/C12H16BrNO2/c1-16-9-5-4-8(15)10(11(9)13)12(14)6-2-3-7-12/h4-5,15H,2-3,6-7,14H2,1H3. The zero-order valence-corrected chi connectivity index (χ0v) is 10.9. The fraction of sp³-hybridized carbons (Fsp3) is 0.500. The van der Waals surface area contributed by atoms with Gasteiger partial charge in [0.25, 0.3) is 0 Å². The monoisotopic (exact) mass is 285 g/mol. The summed E-state index contributed by atoms with van der Waals surface area (Å²) in [6.45, 7) is 0. The number of halogens is 1. The van der Waals surface area contributed by atoms with Gasteiger partial charge in [-0.3, -0.25) is 0 Å². The summed E-state index contributed by atoms with van der Waals surface area (Å²) < 4.78 is 6.01. The Bertz CT molecular complexity index is 400. The summed E-state index contributed by atoms with van der Waals surface area (Å²) >= 11 is 3.47. The molecule has 0 radical (unpaired) electrons. The summed E-state index contributed by atoms with van der Waals surface area (Å²) in [6.07, 6.45) is 4.04. The lowest BCUT2D eigenvalue weighted by molar-refractivity contribution is 0.387. The lowest BCUT2D eigenvalue weighted by Gasteiger charge is -2.27. The molecular formula is C12H16BrNO2. The third-order valence-corrected chi connectivity index (χ3v) is 4.09. The van der Waals surface area contributed by atoms with E-state index in [0.29, 0.717) is 5.75 Å². The zero-order chi connectivity index (χ0) is 11.8. The predicted octanol–water partition coefficient (Wildman–Crippen LogP) is 2.89. The first-order chi connectivity index (χ1) is 7.58. The van der Waals surface area contributed by atoms with Crippen LogP contribution in [0.5, 0.6) is 11.5 Å². The Kier molecular flexibility index (Phi) is 3.13. The van der Waals surface area contributed by atoms with Crippen LogP contribution in [0.15, 0.2) is 16.6 Å². The molecule has 0 heterocycles. The van der Waals surface area contributed by atoms with Gasteiger partial charge >= 0.3 is 0 Å². The highest BCUT2D eigenvalue weighted by molar-refractivity contribution is 9.10. The molecule has 1 aliphatic rings. The van der Waals surface area contributed by atoms with E-state index < -0.39 is 5.54 Å². The van der Waals surface area contributed by atoms with Crippen molar-refractivity contribution in [3.05, 3.63) is 22.2 Å². The highest BCUT2D eigenvalue weighted by Crippen LogP contribution is 2.46. The Labute approximate surface area is 104 Å². The second kappa shape index (κ2) is 4.26. The van der Waals surface area contributed by atoms with Crippen LogP contribution in [0.4, 0.5) is 0 Å². The van der Waals surface area contributed by atoms with E-state index >= 15 is 0 Å². The maximum atomic E-state index is 9.97. The summed E-state index contributed by atoms with van der Waals surface area (Å²) in [4.78, 5) is 0. The number of benzene rings is 1. The van der Waals surface area contributed by atoms with Gasteiger partial charge in [-0.2, -0.15) is 0 Å². The Hall–Kier alpha value is -0.740. The molecule has 1 saturated carbocycles. The van der Waals surface area contributed by atoms with Crippen molar-refractivity contribution in [3.63, 3.8) is 0 Å². The van der Waals surface area contributed by atoms with Crippen molar-refractivity contribution in [2.75, 3.05) is 7.11 Å². The Morgan fingerprint density at radius 1 is 1.38 bits per heavy atom. The predicted molar refractivity (Wildman–Crippen MR) is 66.7 cm³/mol. The SMILES string of the molecule is COc1ccc(O)c(C2(N)CCCC2)c1Br. The smallest absolute Gasteiger partial charge is 0.133 e. The van der Waals surface area contributed by atoms with Crippen molar-refractivity contribution in [2.45, 2.75) is 31.2 Å². The molecule has 1 aliphatic carbocycles.